The minimum Gasteiger partial charge on any atom is -0.395 e. The molecule has 7 nitrogen and oxygen atoms in total. The predicted octanol–water partition coefficient (Wildman–Crippen LogP) is -0.837. The number of nitrogens with one attached hydrogen (secondary N) is 2. The number of hydrogen-bond acceptors (Lipinski definition) is 5. The molecule has 0 aliphatic carbocycles. The van der Waals surface area contributed by atoms with Crippen LogP contribution in [0.4, 0.5) is 4.79 Å². The van der Waals surface area contributed by atoms with Crippen LogP contribution in [-0.4, -0.2) is 68.4 Å². The van der Waals surface area contributed by atoms with Gasteiger partial charge >= 0.3 is 6.03 Å². The van der Waals surface area contributed by atoms with Gasteiger partial charge in [0.25, 0.3) is 0 Å². The summed E-state index contributed by atoms with van der Waals surface area (Å²) in [6, 6.07) is -0.530. The molecule has 0 radical (unpaired) electrons. The summed E-state index contributed by atoms with van der Waals surface area (Å²) in [5, 5.41) is 13.5. The van der Waals surface area contributed by atoms with Gasteiger partial charge in [-0.05, 0) is 13.0 Å². The fourth-order valence-corrected chi connectivity index (χ4v) is 1.41. The van der Waals surface area contributed by atoms with Crippen LogP contribution in [0.2, 0.25) is 0 Å². The number of nitrogens with zero attached hydrogens (tertiary/aromatic N) is 1. The quantitative estimate of drug-likeness (QED) is 0.471. The second kappa shape index (κ2) is 10.9. The number of methoxy groups -OCH3 is 1. The number of imide groups is 1. The topological polar surface area (TPSA) is 90.9 Å². The van der Waals surface area contributed by atoms with Gasteiger partial charge in [0.15, 0.2) is 0 Å². The van der Waals surface area contributed by atoms with Gasteiger partial charge in [0, 0.05) is 20.2 Å². The molecule has 0 bridgehead atoms. The number of ether oxygens (including phenoxy) is 1. The Bertz CT molecular complexity index is 242. The van der Waals surface area contributed by atoms with Crippen molar-refractivity contribution in [3.63, 3.8) is 0 Å². The second-order valence-corrected chi connectivity index (χ2v) is 3.80. The summed E-state index contributed by atoms with van der Waals surface area (Å²) in [6.45, 7) is 3.96. The van der Waals surface area contributed by atoms with Crippen molar-refractivity contribution in [1.29, 1.82) is 0 Å². The molecule has 0 heterocycles. The fraction of sp³-hybridized carbons (Fsp3) is 0.818. The first kappa shape index (κ1) is 16.8. The molecule has 0 aromatic heterocycles. The summed E-state index contributed by atoms with van der Waals surface area (Å²) in [7, 11) is 1.53. The Morgan fingerprint density at radius 2 is 2.06 bits per heavy atom. The molecule has 0 aromatic rings. The molecule has 0 saturated heterocycles. The molecule has 0 rings (SSSR count). The molecule has 3 N–H and O–H groups in total. The van der Waals surface area contributed by atoms with Gasteiger partial charge in [0.2, 0.25) is 5.91 Å². The van der Waals surface area contributed by atoms with Crippen molar-refractivity contribution < 1.29 is 19.4 Å². The van der Waals surface area contributed by atoms with Gasteiger partial charge in [-0.25, -0.2) is 4.79 Å². The third kappa shape index (κ3) is 8.91. The van der Waals surface area contributed by atoms with Crippen LogP contribution in [0.1, 0.15) is 13.3 Å². The molecule has 0 unspecified atom stereocenters. The Kier molecular flexibility index (Phi) is 10.2. The molecule has 0 spiro atoms. The Balaban J connectivity index is 3.88. The maximum absolute atomic E-state index is 11.5. The monoisotopic (exact) mass is 261 g/mol. The Labute approximate surface area is 107 Å². The van der Waals surface area contributed by atoms with Crippen molar-refractivity contribution >= 4 is 11.9 Å². The van der Waals surface area contributed by atoms with Crippen molar-refractivity contribution in [3.05, 3.63) is 0 Å². The molecule has 7 heteroatoms. The summed E-state index contributed by atoms with van der Waals surface area (Å²) in [5.41, 5.74) is 0. The molecular formula is C11H23N3O4. The van der Waals surface area contributed by atoms with Gasteiger partial charge in [-0.3, -0.25) is 15.0 Å². The Hall–Kier alpha value is -1.18. The molecule has 18 heavy (non-hydrogen) atoms. The van der Waals surface area contributed by atoms with E-state index in [4.69, 9.17) is 9.84 Å². The number of carbonyl (C=O) groups excluding carboxylic acids is 2. The smallest absolute Gasteiger partial charge is 0.321 e. The van der Waals surface area contributed by atoms with Crippen LogP contribution in [0.25, 0.3) is 0 Å². The van der Waals surface area contributed by atoms with Crippen molar-refractivity contribution in [1.82, 2.24) is 15.5 Å². The van der Waals surface area contributed by atoms with E-state index in [0.29, 0.717) is 26.2 Å². The van der Waals surface area contributed by atoms with Crippen molar-refractivity contribution in [2.24, 2.45) is 0 Å². The van der Waals surface area contributed by atoms with Crippen LogP contribution in [0, 0.1) is 0 Å². The van der Waals surface area contributed by atoms with Crippen LogP contribution in [0.15, 0.2) is 0 Å². The molecule has 0 aliphatic rings. The zero-order chi connectivity index (χ0) is 13.8. The summed E-state index contributed by atoms with van der Waals surface area (Å²) < 4.78 is 4.76. The van der Waals surface area contributed by atoms with Crippen LogP contribution < -0.4 is 10.6 Å². The number of aliphatic hydroxyl groups is 1. The molecule has 0 atom stereocenters. The van der Waals surface area contributed by atoms with Gasteiger partial charge < -0.3 is 15.2 Å². The normalized spacial score (nSPS) is 10.4. The minimum atomic E-state index is -0.530. The van der Waals surface area contributed by atoms with Gasteiger partial charge in [-0.15, -0.1) is 0 Å². The lowest BCUT2D eigenvalue weighted by atomic mass is 10.4. The van der Waals surface area contributed by atoms with Crippen LogP contribution in [0.5, 0.6) is 0 Å². The molecule has 0 aliphatic heterocycles. The van der Waals surface area contributed by atoms with Crippen molar-refractivity contribution in [2.45, 2.75) is 13.3 Å². The number of rotatable bonds is 9. The lowest BCUT2D eigenvalue weighted by Gasteiger charge is -2.19. The van der Waals surface area contributed by atoms with Gasteiger partial charge in [0.05, 0.1) is 19.8 Å². The van der Waals surface area contributed by atoms with E-state index >= 15 is 0 Å². The van der Waals surface area contributed by atoms with E-state index in [-0.39, 0.29) is 19.1 Å². The highest BCUT2D eigenvalue weighted by Gasteiger charge is 2.11. The molecule has 0 fully saturated rings. The molecule has 0 saturated carbocycles. The first-order valence-corrected chi connectivity index (χ1v) is 6.03. The largest absolute Gasteiger partial charge is 0.395 e. The number of carbonyl (C=O) groups is 2. The average Bonchev–Trinajstić information content (AvgIpc) is 2.29. The SMILES string of the molecule is CCCN(CCO)CC(=O)NC(=O)NCCOC. The number of amides is 3. The molecular weight excluding hydrogens is 238 g/mol. The van der Waals surface area contributed by atoms with E-state index in [1.165, 1.54) is 7.11 Å². The highest BCUT2D eigenvalue weighted by molar-refractivity contribution is 5.95. The van der Waals surface area contributed by atoms with Crippen LogP contribution in [-0.2, 0) is 9.53 Å². The Morgan fingerprint density at radius 3 is 2.61 bits per heavy atom. The zero-order valence-corrected chi connectivity index (χ0v) is 11.1. The molecule has 106 valence electrons. The number of aliphatic hydroxyl groups excluding tert-OH is 1. The van der Waals surface area contributed by atoms with E-state index in [0.717, 1.165) is 6.42 Å². The van der Waals surface area contributed by atoms with Crippen molar-refractivity contribution in [3.8, 4) is 0 Å². The maximum Gasteiger partial charge on any atom is 0.321 e. The van der Waals surface area contributed by atoms with E-state index in [9.17, 15) is 9.59 Å². The third-order valence-corrected chi connectivity index (χ3v) is 2.17. The van der Waals surface area contributed by atoms with Gasteiger partial charge in [-0.1, -0.05) is 6.92 Å². The zero-order valence-electron chi connectivity index (χ0n) is 11.1. The maximum atomic E-state index is 11.5. The first-order chi connectivity index (χ1) is 8.63. The standard InChI is InChI=1S/C11H23N3O4/c1-3-5-14(6-7-15)9-10(16)13-11(17)12-4-8-18-2/h15H,3-9H2,1-2H3,(H2,12,13,16,17). The summed E-state index contributed by atoms with van der Waals surface area (Å²) in [5.74, 6) is -0.383. The molecule has 3 amide bonds. The third-order valence-electron chi connectivity index (χ3n) is 2.17. The summed E-state index contributed by atoms with van der Waals surface area (Å²) in [6.07, 6.45) is 0.882. The predicted molar refractivity (Wildman–Crippen MR) is 67.2 cm³/mol. The number of urea groups is 1. The van der Waals surface area contributed by atoms with Crippen LogP contribution in [0.3, 0.4) is 0 Å². The van der Waals surface area contributed by atoms with Crippen molar-refractivity contribution in [2.75, 3.05) is 46.5 Å². The van der Waals surface area contributed by atoms with Gasteiger partial charge in [-0.2, -0.15) is 0 Å². The average molecular weight is 261 g/mol. The van der Waals surface area contributed by atoms with Crippen LogP contribution >= 0.6 is 0 Å². The van der Waals surface area contributed by atoms with E-state index < -0.39 is 6.03 Å². The van der Waals surface area contributed by atoms with E-state index in [1.54, 1.807) is 4.90 Å². The minimum absolute atomic E-state index is 0.00663. The molecule has 0 aromatic carbocycles. The first-order valence-electron chi connectivity index (χ1n) is 6.03. The highest BCUT2D eigenvalue weighted by atomic mass is 16.5. The Morgan fingerprint density at radius 1 is 1.33 bits per heavy atom. The van der Waals surface area contributed by atoms with E-state index in [2.05, 4.69) is 10.6 Å². The lowest BCUT2D eigenvalue weighted by molar-refractivity contribution is -0.121. The lowest BCUT2D eigenvalue weighted by Crippen LogP contribution is -2.45. The number of hydrogen-bond donors (Lipinski definition) is 3. The van der Waals surface area contributed by atoms with E-state index in [1.807, 2.05) is 6.92 Å². The summed E-state index contributed by atoms with van der Waals surface area (Å²) in [4.78, 5) is 24.6. The summed E-state index contributed by atoms with van der Waals surface area (Å²) >= 11 is 0. The fourth-order valence-electron chi connectivity index (χ4n) is 1.41. The highest BCUT2D eigenvalue weighted by Crippen LogP contribution is 1.90. The van der Waals surface area contributed by atoms with Gasteiger partial charge in [0.1, 0.15) is 0 Å². The second-order valence-electron chi connectivity index (χ2n) is 3.80.